The predicted molar refractivity (Wildman–Crippen MR) is 125 cm³/mol. The van der Waals surface area contributed by atoms with E-state index in [0.29, 0.717) is 35.9 Å². The van der Waals surface area contributed by atoms with Gasteiger partial charge >= 0.3 is 0 Å². The number of carbonyl (C=O) groups is 2. The molecular weight excluding hydrogens is 453 g/mol. The van der Waals surface area contributed by atoms with Gasteiger partial charge < -0.3 is 25.4 Å². The number of aliphatic hydroxyl groups excluding tert-OH is 1. The SMILES string of the molecule is O=C(C[C@H]1CC[C@@H](NC(=O)CCN2CCCCC2)[C@H](CO)O1)NCc1ccc(Cl)c(Cl)c1. The summed E-state index contributed by atoms with van der Waals surface area (Å²) in [5.74, 6) is -0.151. The fourth-order valence-electron chi connectivity index (χ4n) is 4.30. The molecule has 2 aliphatic rings. The fourth-order valence-corrected chi connectivity index (χ4v) is 4.62. The third kappa shape index (κ3) is 7.89. The van der Waals surface area contributed by atoms with E-state index in [2.05, 4.69) is 15.5 Å². The number of rotatable bonds is 9. The first-order valence-corrected chi connectivity index (χ1v) is 12.2. The van der Waals surface area contributed by atoms with Crippen molar-refractivity contribution in [3.8, 4) is 0 Å². The van der Waals surface area contributed by atoms with Gasteiger partial charge in [-0.1, -0.05) is 35.7 Å². The number of hydrogen-bond acceptors (Lipinski definition) is 5. The van der Waals surface area contributed by atoms with Crippen molar-refractivity contribution in [2.75, 3.05) is 26.2 Å². The Morgan fingerprint density at radius 2 is 1.88 bits per heavy atom. The minimum atomic E-state index is -0.504. The van der Waals surface area contributed by atoms with Crippen molar-refractivity contribution >= 4 is 35.0 Å². The van der Waals surface area contributed by atoms with Crippen molar-refractivity contribution in [3.63, 3.8) is 0 Å². The third-order valence-corrected chi connectivity index (χ3v) is 6.87. The average Bonchev–Trinajstić information content (AvgIpc) is 2.80. The quantitative estimate of drug-likeness (QED) is 0.500. The molecule has 3 rings (SSSR count). The van der Waals surface area contributed by atoms with E-state index in [1.807, 2.05) is 6.07 Å². The molecule has 178 valence electrons. The normalized spacial score (nSPS) is 24.2. The summed E-state index contributed by atoms with van der Waals surface area (Å²) in [6.07, 6.45) is 4.86. The van der Waals surface area contributed by atoms with Crippen molar-refractivity contribution in [1.29, 1.82) is 0 Å². The van der Waals surface area contributed by atoms with Gasteiger partial charge in [-0.05, 0) is 56.5 Å². The maximum atomic E-state index is 12.4. The molecule has 2 amide bonds. The topological polar surface area (TPSA) is 90.9 Å². The molecule has 7 nitrogen and oxygen atoms in total. The highest BCUT2D eigenvalue weighted by Gasteiger charge is 2.32. The van der Waals surface area contributed by atoms with Crippen LogP contribution in [0.2, 0.25) is 10.0 Å². The lowest BCUT2D eigenvalue weighted by molar-refractivity contribution is -0.136. The number of nitrogens with zero attached hydrogens (tertiary/aromatic N) is 1. The molecule has 0 saturated carbocycles. The number of benzene rings is 1. The van der Waals surface area contributed by atoms with Crippen LogP contribution in [0.5, 0.6) is 0 Å². The molecule has 3 atom stereocenters. The second-order valence-electron chi connectivity index (χ2n) is 8.61. The highest BCUT2D eigenvalue weighted by atomic mass is 35.5. The standard InChI is InChI=1S/C23H33Cl2N3O4/c24-18-6-4-16(12-19(18)25)14-26-23(31)13-17-5-7-20(21(15-29)32-17)27-22(30)8-11-28-9-2-1-3-10-28/h4,6,12,17,20-21,29H,1-3,5,7-11,13-15H2,(H,26,31)(H,27,30)/t17-,20-,21+/m1/s1. The smallest absolute Gasteiger partial charge is 0.222 e. The number of carbonyl (C=O) groups excluding carboxylic acids is 2. The van der Waals surface area contributed by atoms with Crippen LogP contribution in [0.3, 0.4) is 0 Å². The second kappa shape index (κ2) is 12.8. The van der Waals surface area contributed by atoms with Crippen LogP contribution < -0.4 is 10.6 Å². The zero-order valence-corrected chi connectivity index (χ0v) is 19.8. The number of ether oxygens (including phenoxy) is 1. The lowest BCUT2D eigenvalue weighted by atomic mass is 9.96. The average molecular weight is 486 g/mol. The van der Waals surface area contributed by atoms with Gasteiger partial charge in [-0.15, -0.1) is 0 Å². The van der Waals surface area contributed by atoms with Gasteiger partial charge in [-0.2, -0.15) is 0 Å². The van der Waals surface area contributed by atoms with Crippen LogP contribution in [0.25, 0.3) is 0 Å². The van der Waals surface area contributed by atoms with E-state index in [0.717, 1.165) is 25.2 Å². The number of likely N-dealkylation sites (tertiary alicyclic amines) is 1. The summed E-state index contributed by atoms with van der Waals surface area (Å²) < 4.78 is 5.93. The Morgan fingerprint density at radius 3 is 2.59 bits per heavy atom. The summed E-state index contributed by atoms with van der Waals surface area (Å²) in [7, 11) is 0. The molecule has 2 saturated heterocycles. The van der Waals surface area contributed by atoms with E-state index in [9.17, 15) is 14.7 Å². The van der Waals surface area contributed by atoms with Gasteiger partial charge in [0.1, 0.15) is 6.10 Å². The molecule has 0 spiro atoms. The predicted octanol–water partition coefficient (Wildman–Crippen LogP) is 2.90. The van der Waals surface area contributed by atoms with Crippen LogP contribution in [0.4, 0.5) is 0 Å². The van der Waals surface area contributed by atoms with Crippen LogP contribution in [0, 0.1) is 0 Å². The van der Waals surface area contributed by atoms with Gasteiger partial charge in [0.2, 0.25) is 11.8 Å². The van der Waals surface area contributed by atoms with E-state index in [4.69, 9.17) is 27.9 Å². The molecule has 2 heterocycles. The Bertz CT molecular complexity index is 774. The molecule has 0 unspecified atom stereocenters. The molecule has 3 N–H and O–H groups in total. The Balaban J connectivity index is 1.38. The summed E-state index contributed by atoms with van der Waals surface area (Å²) in [4.78, 5) is 27.1. The summed E-state index contributed by atoms with van der Waals surface area (Å²) in [6.45, 7) is 3.05. The monoisotopic (exact) mass is 485 g/mol. The molecule has 9 heteroatoms. The zero-order chi connectivity index (χ0) is 22.9. The Morgan fingerprint density at radius 1 is 1.09 bits per heavy atom. The van der Waals surface area contributed by atoms with E-state index < -0.39 is 6.10 Å². The number of halogens is 2. The van der Waals surface area contributed by atoms with Crippen molar-refractivity contribution in [2.24, 2.45) is 0 Å². The molecular formula is C23H33Cl2N3O4. The first-order valence-electron chi connectivity index (χ1n) is 11.4. The van der Waals surface area contributed by atoms with Gasteiger partial charge in [0.15, 0.2) is 0 Å². The molecule has 1 aromatic rings. The minimum Gasteiger partial charge on any atom is -0.394 e. The molecule has 32 heavy (non-hydrogen) atoms. The van der Waals surface area contributed by atoms with Crippen LogP contribution in [0.15, 0.2) is 18.2 Å². The maximum Gasteiger partial charge on any atom is 0.222 e. The van der Waals surface area contributed by atoms with Gasteiger partial charge in [0.25, 0.3) is 0 Å². The molecule has 0 radical (unpaired) electrons. The highest BCUT2D eigenvalue weighted by Crippen LogP contribution is 2.24. The van der Waals surface area contributed by atoms with Gasteiger partial charge in [0, 0.05) is 19.5 Å². The van der Waals surface area contributed by atoms with Crippen LogP contribution >= 0.6 is 23.2 Å². The molecule has 2 fully saturated rings. The number of aliphatic hydroxyl groups is 1. The molecule has 0 bridgehead atoms. The van der Waals surface area contributed by atoms with Crippen molar-refractivity contribution < 1.29 is 19.4 Å². The summed E-state index contributed by atoms with van der Waals surface area (Å²) >= 11 is 11.9. The third-order valence-electron chi connectivity index (χ3n) is 6.13. The number of piperidine rings is 1. The van der Waals surface area contributed by atoms with Crippen molar-refractivity contribution in [2.45, 2.75) is 69.7 Å². The second-order valence-corrected chi connectivity index (χ2v) is 9.43. The molecule has 0 aromatic heterocycles. The van der Waals surface area contributed by atoms with Gasteiger partial charge in [0.05, 0.1) is 35.2 Å². The maximum absolute atomic E-state index is 12.4. The highest BCUT2D eigenvalue weighted by molar-refractivity contribution is 6.42. The molecule has 2 aliphatic heterocycles. The molecule has 0 aliphatic carbocycles. The number of nitrogens with one attached hydrogen (secondary N) is 2. The first kappa shape index (κ1) is 25.2. The van der Waals surface area contributed by atoms with Crippen LogP contribution in [0.1, 0.15) is 50.5 Å². The van der Waals surface area contributed by atoms with E-state index in [1.54, 1.807) is 12.1 Å². The van der Waals surface area contributed by atoms with Gasteiger partial charge in [-0.3, -0.25) is 9.59 Å². The summed E-state index contributed by atoms with van der Waals surface area (Å²) in [6, 6.07) is 5.00. The van der Waals surface area contributed by atoms with E-state index >= 15 is 0 Å². The minimum absolute atomic E-state index is 0.0135. The van der Waals surface area contributed by atoms with Crippen LogP contribution in [-0.2, 0) is 20.9 Å². The number of hydrogen-bond donors (Lipinski definition) is 3. The van der Waals surface area contributed by atoms with Crippen molar-refractivity contribution in [1.82, 2.24) is 15.5 Å². The summed E-state index contributed by atoms with van der Waals surface area (Å²) in [5, 5.41) is 16.5. The number of amides is 2. The molecule has 1 aromatic carbocycles. The Hall–Kier alpha value is -1.38. The lowest BCUT2D eigenvalue weighted by Crippen LogP contribution is -2.51. The Kier molecular flexibility index (Phi) is 10.1. The lowest BCUT2D eigenvalue weighted by Gasteiger charge is -2.36. The van der Waals surface area contributed by atoms with E-state index in [-0.39, 0.29) is 37.0 Å². The largest absolute Gasteiger partial charge is 0.394 e. The van der Waals surface area contributed by atoms with Gasteiger partial charge in [-0.25, -0.2) is 0 Å². The van der Waals surface area contributed by atoms with Crippen LogP contribution in [-0.4, -0.2) is 66.3 Å². The summed E-state index contributed by atoms with van der Waals surface area (Å²) in [5.41, 5.74) is 0.859. The Labute approximate surface area is 199 Å². The van der Waals surface area contributed by atoms with Crippen molar-refractivity contribution in [3.05, 3.63) is 33.8 Å². The van der Waals surface area contributed by atoms with E-state index in [1.165, 1.54) is 19.3 Å². The zero-order valence-electron chi connectivity index (χ0n) is 18.3. The first-order chi connectivity index (χ1) is 15.4. The fraction of sp³-hybridized carbons (Fsp3) is 0.652.